The Morgan fingerprint density at radius 3 is 2.35 bits per heavy atom. The Morgan fingerprint density at radius 1 is 1.18 bits per heavy atom. The van der Waals surface area contributed by atoms with Crippen molar-refractivity contribution < 1.29 is 76.5 Å². The van der Waals surface area contributed by atoms with Crippen molar-refractivity contribution >= 4 is 51.5 Å². The smallest absolute Gasteiger partial charge is 0.414 e. The van der Waals surface area contributed by atoms with Gasteiger partial charge in [0.25, 0.3) is 5.91 Å². The molecule has 17 nitrogen and oxygen atoms in total. The van der Waals surface area contributed by atoms with Crippen molar-refractivity contribution in [1.29, 1.82) is 0 Å². The van der Waals surface area contributed by atoms with Crippen LogP contribution in [0.5, 0.6) is 0 Å². The lowest BCUT2D eigenvalue weighted by Gasteiger charge is -2.30. The number of rotatable bonds is 14. The van der Waals surface area contributed by atoms with E-state index in [1.54, 1.807) is 0 Å². The Morgan fingerprint density at radius 2 is 1.82 bits per heavy atom. The lowest BCUT2D eigenvalue weighted by atomic mass is 9.97. The number of esters is 1. The van der Waals surface area contributed by atoms with Crippen LogP contribution in [0, 0.1) is 11.6 Å². The van der Waals surface area contributed by atoms with Gasteiger partial charge in [0.05, 0.1) is 24.4 Å². The second-order valence-corrected chi connectivity index (χ2v) is 14.7. The number of carbonyl (C=O) groups excluding carboxylic acids is 4. The van der Waals surface area contributed by atoms with E-state index in [0.29, 0.717) is 6.29 Å². The minimum Gasteiger partial charge on any atom is -0.475 e. The van der Waals surface area contributed by atoms with E-state index in [2.05, 4.69) is 0 Å². The minimum absolute atomic E-state index is 0.0194. The molecule has 0 aliphatic carbocycles. The molecule has 2 aliphatic heterocycles. The molecule has 0 spiro atoms. The molecule has 8 N–H and O–H groups in total. The summed E-state index contributed by atoms with van der Waals surface area (Å²) in [6.45, 7) is -1.48. The summed E-state index contributed by atoms with van der Waals surface area (Å²) < 4.78 is 57.5. The highest BCUT2D eigenvalue weighted by atomic mass is 31.2. The van der Waals surface area contributed by atoms with Crippen LogP contribution in [-0.4, -0.2) is 109 Å². The fraction of sp³-hybridized carbons (Fsp3) is 0.333. The quantitative estimate of drug-likeness (QED) is 0.0462. The van der Waals surface area contributed by atoms with Gasteiger partial charge in [-0.05, 0) is 41.8 Å². The molecule has 51 heavy (non-hydrogen) atoms. The summed E-state index contributed by atoms with van der Waals surface area (Å²) in [5, 5.41) is 16.8. The van der Waals surface area contributed by atoms with Crippen LogP contribution < -0.4 is 10.6 Å². The SMILES string of the molecule is NC(=CC=O)OC[C@H]1CN(c2cc(F)c(C3=CCN(C(=O)[C@H](CO)OC(=O)c4ccc(CC(O)(P(O)O)P(=O)(O)O)cc4)CC3)c(F)c2)C(=O)O1. The van der Waals surface area contributed by atoms with E-state index in [-0.39, 0.29) is 66.5 Å². The van der Waals surface area contributed by atoms with Gasteiger partial charge < -0.3 is 54.6 Å². The molecule has 1 unspecified atom stereocenters. The zero-order valence-electron chi connectivity index (χ0n) is 26.4. The predicted molar refractivity (Wildman–Crippen MR) is 172 cm³/mol. The number of aldehydes is 1. The lowest BCUT2D eigenvalue weighted by molar-refractivity contribution is -0.142. The average molecular weight is 760 g/mol. The van der Waals surface area contributed by atoms with Gasteiger partial charge in [-0.3, -0.25) is 19.1 Å². The second kappa shape index (κ2) is 16.4. The number of anilines is 1. The molecule has 3 atom stereocenters. The maximum atomic E-state index is 15.3. The highest BCUT2D eigenvalue weighted by molar-refractivity contribution is 7.69. The molecule has 2 aromatic carbocycles. The molecule has 2 heterocycles. The Kier molecular flexibility index (Phi) is 12.7. The summed E-state index contributed by atoms with van der Waals surface area (Å²) in [5.41, 5.74) is 5.03. The minimum atomic E-state index is -5.38. The van der Waals surface area contributed by atoms with Crippen LogP contribution in [0.25, 0.3) is 5.57 Å². The third-order valence-electron chi connectivity index (χ3n) is 7.83. The van der Waals surface area contributed by atoms with E-state index in [1.165, 1.54) is 11.0 Å². The van der Waals surface area contributed by atoms with Crippen molar-refractivity contribution in [1.82, 2.24) is 4.90 Å². The number of ether oxygens (including phenoxy) is 3. The Balaban J connectivity index is 1.38. The van der Waals surface area contributed by atoms with Gasteiger partial charge in [0.15, 0.2) is 12.0 Å². The normalized spacial score (nSPS) is 18.5. The molecule has 276 valence electrons. The van der Waals surface area contributed by atoms with E-state index in [9.17, 15) is 53.5 Å². The van der Waals surface area contributed by atoms with E-state index in [4.69, 9.17) is 19.9 Å². The van der Waals surface area contributed by atoms with Gasteiger partial charge >= 0.3 is 19.7 Å². The van der Waals surface area contributed by atoms with Gasteiger partial charge in [-0.1, -0.05) is 18.2 Å². The Labute approximate surface area is 289 Å². The number of nitrogens with zero attached hydrogens (tertiary/aromatic N) is 2. The molecule has 0 aromatic heterocycles. The summed E-state index contributed by atoms with van der Waals surface area (Å²) in [6, 6.07) is 6.47. The molecule has 21 heteroatoms. The molecular formula is C30H33F2N3O14P2. The second-order valence-electron chi connectivity index (χ2n) is 11.2. The summed E-state index contributed by atoms with van der Waals surface area (Å²) in [4.78, 5) is 88.3. The van der Waals surface area contributed by atoms with Crippen LogP contribution >= 0.6 is 16.0 Å². The number of cyclic esters (lactones) is 1. The zero-order valence-corrected chi connectivity index (χ0v) is 28.2. The fourth-order valence-electron chi connectivity index (χ4n) is 5.13. The van der Waals surface area contributed by atoms with Crippen LogP contribution in [-0.2, 0) is 34.8 Å². The highest BCUT2D eigenvalue weighted by Crippen LogP contribution is 2.64. The van der Waals surface area contributed by atoms with Gasteiger partial charge in [-0.15, -0.1) is 0 Å². The standard InChI is InChI=1S/C30H33F2N3O14P2/c31-22-11-20(35-14-21(48-29(35)40)16-47-25(33)7-10-36)12-23(32)26(22)18-5-8-34(9-6-18)27(38)24(15-37)49-28(39)19-3-1-17(2-4-19)13-30(41,50(42)43)51(44,45)46/h1-5,7,10-12,21,24,37,41-43H,6,8-9,13-16,33H2,(H2,44,45,46)/t21-,24+,30?/m1/s1. The third-order valence-corrected chi connectivity index (χ3v) is 11.0. The van der Waals surface area contributed by atoms with Crippen LogP contribution in [0.3, 0.4) is 0 Å². The molecule has 0 saturated carbocycles. The first-order chi connectivity index (χ1) is 24.0. The monoisotopic (exact) mass is 759 g/mol. The topological polar surface area (TPSA) is 267 Å². The van der Waals surface area contributed by atoms with Crippen LogP contribution in [0.2, 0.25) is 0 Å². The molecule has 2 aliphatic rings. The van der Waals surface area contributed by atoms with Crippen molar-refractivity contribution in [3.05, 3.63) is 82.8 Å². The maximum Gasteiger partial charge on any atom is 0.414 e. The predicted octanol–water partition coefficient (Wildman–Crippen LogP) is 0.802. The number of aliphatic hydroxyl groups excluding tert-OH is 1. The molecule has 1 saturated heterocycles. The number of halogens is 2. The van der Waals surface area contributed by atoms with E-state index in [0.717, 1.165) is 47.4 Å². The first-order valence-corrected chi connectivity index (χ1v) is 17.7. The number of benzene rings is 2. The molecular weight excluding hydrogens is 726 g/mol. The first kappa shape index (κ1) is 39.5. The van der Waals surface area contributed by atoms with E-state index < -0.39 is 75.9 Å². The molecule has 1 fully saturated rings. The molecule has 0 radical (unpaired) electrons. The van der Waals surface area contributed by atoms with Crippen LogP contribution in [0.4, 0.5) is 19.3 Å². The first-order valence-electron chi connectivity index (χ1n) is 14.8. The number of hydrogen-bond donors (Lipinski definition) is 7. The van der Waals surface area contributed by atoms with E-state index in [1.807, 2.05) is 0 Å². The van der Waals surface area contributed by atoms with Gasteiger partial charge in [0.2, 0.25) is 19.6 Å². The van der Waals surface area contributed by atoms with Gasteiger partial charge in [-0.2, -0.15) is 0 Å². The van der Waals surface area contributed by atoms with Crippen molar-refractivity contribution in [3.8, 4) is 0 Å². The Hall–Kier alpha value is -4.32. The summed E-state index contributed by atoms with van der Waals surface area (Å²) in [5.74, 6) is -4.07. The number of allylic oxidation sites excluding steroid dienone is 1. The van der Waals surface area contributed by atoms with Crippen LogP contribution in [0.15, 0.2) is 54.4 Å². The molecule has 2 aromatic rings. The summed E-state index contributed by atoms with van der Waals surface area (Å²) >= 11 is 0. The van der Waals surface area contributed by atoms with Gasteiger partial charge in [-0.25, -0.2) is 18.4 Å². The third kappa shape index (κ3) is 9.13. The number of hydrogen-bond acceptors (Lipinski definition) is 13. The maximum absolute atomic E-state index is 15.3. The Bertz CT molecular complexity index is 1750. The number of amides is 2. The highest BCUT2D eigenvalue weighted by Gasteiger charge is 2.52. The largest absolute Gasteiger partial charge is 0.475 e. The lowest BCUT2D eigenvalue weighted by Crippen LogP contribution is -2.45. The zero-order chi connectivity index (χ0) is 37.7. The summed E-state index contributed by atoms with van der Waals surface area (Å²) in [6.07, 6.45) is -1.54. The fourth-order valence-corrected chi connectivity index (χ4v) is 6.78. The number of carbonyl (C=O) groups is 4. The van der Waals surface area contributed by atoms with E-state index >= 15 is 8.78 Å². The number of nitrogens with two attached hydrogens (primary N) is 1. The molecule has 4 rings (SSSR count). The molecule has 0 bridgehead atoms. The van der Waals surface area contributed by atoms with Crippen molar-refractivity contribution in [2.45, 2.75) is 30.1 Å². The summed E-state index contributed by atoms with van der Waals surface area (Å²) in [7, 11) is -8.86. The molecule has 2 amide bonds. The van der Waals surface area contributed by atoms with Crippen molar-refractivity contribution in [3.63, 3.8) is 0 Å². The van der Waals surface area contributed by atoms with Gasteiger partial charge in [0, 0.05) is 31.1 Å². The number of aliphatic hydroxyl groups is 2. The average Bonchev–Trinajstić information content (AvgIpc) is 3.45. The van der Waals surface area contributed by atoms with Crippen molar-refractivity contribution in [2.24, 2.45) is 5.73 Å². The van der Waals surface area contributed by atoms with Gasteiger partial charge in [0.1, 0.15) is 24.5 Å². The van der Waals surface area contributed by atoms with Crippen molar-refractivity contribution in [2.75, 3.05) is 37.7 Å². The van der Waals surface area contributed by atoms with Crippen LogP contribution in [0.1, 0.15) is 27.9 Å².